The smallest absolute Gasteiger partial charge is 0.441 e. The van der Waals surface area contributed by atoms with E-state index < -0.39 is 12.2 Å². The zero-order valence-electron chi connectivity index (χ0n) is 9.05. The molecule has 0 saturated heterocycles. The molecule has 0 heterocycles. The monoisotopic (exact) mass is 234 g/mol. The van der Waals surface area contributed by atoms with Gasteiger partial charge in [0.25, 0.3) is 0 Å². The lowest BCUT2D eigenvalue weighted by Crippen LogP contribution is -2.68. The number of halogens is 3. The summed E-state index contributed by atoms with van der Waals surface area (Å²) in [7, 11) is 0. The van der Waals surface area contributed by atoms with Gasteiger partial charge in [0.15, 0.2) is 6.04 Å². The molecule has 0 aliphatic heterocycles. The van der Waals surface area contributed by atoms with Crippen molar-refractivity contribution in [2.75, 3.05) is 6.61 Å². The third-order valence-corrected chi connectivity index (χ3v) is 2.18. The first-order chi connectivity index (χ1) is 7.43. The Morgan fingerprint density at radius 2 is 1.81 bits per heavy atom. The quantitative estimate of drug-likeness (QED) is 0.847. The topological polar surface area (TPSA) is 36.9 Å². The van der Waals surface area contributed by atoms with Gasteiger partial charge in [-0.3, -0.25) is 0 Å². The van der Waals surface area contributed by atoms with E-state index in [0.717, 1.165) is 0 Å². The first-order valence-electron chi connectivity index (χ1n) is 5.05. The van der Waals surface area contributed by atoms with Crippen molar-refractivity contribution >= 4 is 0 Å². The molecule has 2 nitrogen and oxygen atoms in total. The minimum absolute atomic E-state index is 0.101. The maximum atomic E-state index is 12.2. The minimum atomic E-state index is -4.24. The molecule has 0 aliphatic carbocycles. The summed E-state index contributed by atoms with van der Waals surface area (Å²) in [4.78, 5) is 0. The molecule has 0 radical (unpaired) electrons. The second kappa shape index (κ2) is 5.21. The number of rotatable bonds is 4. The van der Waals surface area contributed by atoms with E-state index in [4.69, 9.17) is 4.74 Å². The Hall–Kier alpha value is -1.23. The third kappa shape index (κ3) is 3.73. The Morgan fingerprint density at radius 3 is 2.25 bits per heavy atom. The molecule has 16 heavy (non-hydrogen) atoms. The maximum absolute atomic E-state index is 12.2. The predicted octanol–water partition coefficient (Wildman–Crippen LogP) is 1.80. The molecule has 0 amide bonds. The van der Waals surface area contributed by atoms with Crippen LogP contribution in [0.1, 0.15) is 12.5 Å². The number of benzene rings is 1. The summed E-state index contributed by atoms with van der Waals surface area (Å²) in [5, 5.41) is 0. The van der Waals surface area contributed by atoms with Gasteiger partial charge in [-0.15, -0.1) is 0 Å². The molecular formula is C11H15F3NO+. The average molecular weight is 234 g/mol. The van der Waals surface area contributed by atoms with Crippen LogP contribution in [-0.2, 0) is 6.42 Å². The number of alkyl halides is 3. The number of ether oxygens (including phenoxy) is 1. The first kappa shape index (κ1) is 12.8. The largest absolute Gasteiger partial charge is 0.494 e. The van der Waals surface area contributed by atoms with Crippen LogP contribution in [0.4, 0.5) is 13.2 Å². The van der Waals surface area contributed by atoms with Crippen molar-refractivity contribution in [2.45, 2.75) is 25.6 Å². The van der Waals surface area contributed by atoms with Crippen molar-refractivity contribution in [2.24, 2.45) is 0 Å². The normalized spacial score (nSPS) is 13.6. The zero-order chi connectivity index (χ0) is 12.2. The van der Waals surface area contributed by atoms with Crippen LogP contribution in [-0.4, -0.2) is 18.8 Å². The highest BCUT2D eigenvalue weighted by Gasteiger charge is 2.40. The van der Waals surface area contributed by atoms with Gasteiger partial charge in [-0.1, -0.05) is 12.1 Å². The molecule has 0 saturated carbocycles. The van der Waals surface area contributed by atoms with Crippen molar-refractivity contribution in [1.82, 2.24) is 0 Å². The molecule has 0 bridgehead atoms. The van der Waals surface area contributed by atoms with Crippen LogP contribution in [0.15, 0.2) is 24.3 Å². The van der Waals surface area contributed by atoms with Crippen molar-refractivity contribution in [3.63, 3.8) is 0 Å². The first-order valence-corrected chi connectivity index (χ1v) is 5.05. The van der Waals surface area contributed by atoms with Crippen molar-refractivity contribution in [3.8, 4) is 5.75 Å². The van der Waals surface area contributed by atoms with E-state index in [-0.39, 0.29) is 6.42 Å². The molecule has 90 valence electrons. The van der Waals surface area contributed by atoms with E-state index in [1.54, 1.807) is 24.3 Å². The number of hydrogen-bond acceptors (Lipinski definition) is 1. The molecule has 1 atom stereocenters. The summed E-state index contributed by atoms with van der Waals surface area (Å²) in [6.45, 7) is 2.39. The highest BCUT2D eigenvalue weighted by atomic mass is 19.4. The third-order valence-electron chi connectivity index (χ3n) is 2.18. The number of quaternary nitrogens is 1. The van der Waals surface area contributed by atoms with Gasteiger partial charge < -0.3 is 10.5 Å². The Labute approximate surface area is 92.2 Å². The van der Waals surface area contributed by atoms with Crippen molar-refractivity contribution < 1.29 is 23.6 Å². The van der Waals surface area contributed by atoms with E-state index in [1.807, 2.05) is 6.92 Å². The van der Waals surface area contributed by atoms with Crippen molar-refractivity contribution in [1.29, 1.82) is 0 Å². The summed E-state index contributed by atoms with van der Waals surface area (Å²) in [5.74, 6) is 0.666. The zero-order valence-corrected chi connectivity index (χ0v) is 9.05. The summed E-state index contributed by atoms with van der Waals surface area (Å²) in [5.41, 5.74) is 3.72. The molecule has 0 spiro atoms. The van der Waals surface area contributed by atoms with Gasteiger partial charge in [0.2, 0.25) is 0 Å². The maximum Gasteiger partial charge on any atom is 0.441 e. The summed E-state index contributed by atoms with van der Waals surface area (Å²) in [6, 6.07) is 5.04. The van der Waals surface area contributed by atoms with E-state index in [1.165, 1.54) is 0 Å². The Kier molecular flexibility index (Phi) is 4.18. The fourth-order valence-electron chi connectivity index (χ4n) is 1.29. The molecule has 1 aromatic rings. The summed E-state index contributed by atoms with van der Waals surface area (Å²) in [6.07, 6.45) is -4.34. The second-order valence-electron chi connectivity index (χ2n) is 3.52. The fourth-order valence-corrected chi connectivity index (χ4v) is 1.29. The molecule has 0 fully saturated rings. The second-order valence-corrected chi connectivity index (χ2v) is 3.52. The van der Waals surface area contributed by atoms with Gasteiger partial charge in [0.1, 0.15) is 5.75 Å². The van der Waals surface area contributed by atoms with Crippen LogP contribution < -0.4 is 10.5 Å². The average Bonchev–Trinajstić information content (AvgIpc) is 2.20. The van der Waals surface area contributed by atoms with Gasteiger partial charge in [0.05, 0.1) is 6.61 Å². The summed E-state index contributed by atoms with van der Waals surface area (Å²) >= 11 is 0. The van der Waals surface area contributed by atoms with Crippen LogP contribution in [0, 0.1) is 0 Å². The molecule has 0 aliphatic rings. The lowest BCUT2D eigenvalue weighted by Gasteiger charge is -2.12. The van der Waals surface area contributed by atoms with Crippen LogP contribution in [0.25, 0.3) is 0 Å². The molecule has 3 N–H and O–H groups in total. The predicted molar refractivity (Wildman–Crippen MR) is 54.0 cm³/mol. The molecule has 1 rings (SSSR count). The van der Waals surface area contributed by atoms with E-state index >= 15 is 0 Å². The molecule has 1 aromatic carbocycles. The van der Waals surface area contributed by atoms with Gasteiger partial charge in [-0.2, -0.15) is 13.2 Å². The molecular weight excluding hydrogens is 219 g/mol. The Morgan fingerprint density at radius 1 is 1.25 bits per heavy atom. The Bertz CT molecular complexity index is 321. The lowest BCUT2D eigenvalue weighted by molar-refractivity contribution is -0.480. The van der Waals surface area contributed by atoms with E-state index in [0.29, 0.717) is 17.9 Å². The molecule has 1 unspecified atom stereocenters. The summed E-state index contributed by atoms with van der Waals surface area (Å²) < 4.78 is 41.9. The lowest BCUT2D eigenvalue weighted by atomic mass is 10.1. The minimum Gasteiger partial charge on any atom is -0.494 e. The van der Waals surface area contributed by atoms with Crippen molar-refractivity contribution in [3.05, 3.63) is 29.8 Å². The number of hydrogen-bond donors (Lipinski definition) is 1. The standard InChI is InChI=1S/C11H14F3NO/c1-2-16-9-5-3-8(4-6-9)7-10(15)11(12,13)14/h3-6,10H,2,7,15H2,1H3/p+1. The molecule has 0 aromatic heterocycles. The molecule has 5 heteroatoms. The SMILES string of the molecule is CCOc1ccc(CC([NH3+])C(F)(F)F)cc1. The van der Waals surface area contributed by atoms with Crippen LogP contribution in [0.3, 0.4) is 0 Å². The van der Waals surface area contributed by atoms with Crippen LogP contribution >= 0.6 is 0 Å². The van der Waals surface area contributed by atoms with E-state index in [2.05, 4.69) is 5.73 Å². The fraction of sp³-hybridized carbons (Fsp3) is 0.455. The van der Waals surface area contributed by atoms with Gasteiger partial charge in [0, 0.05) is 6.42 Å². The highest BCUT2D eigenvalue weighted by molar-refractivity contribution is 5.27. The van der Waals surface area contributed by atoms with E-state index in [9.17, 15) is 13.2 Å². The van der Waals surface area contributed by atoms with Gasteiger partial charge >= 0.3 is 6.18 Å². The van der Waals surface area contributed by atoms with Gasteiger partial charge in [-0.25, -0.2) is 0 Å². The van der Waals surface area contributed by atoms with Gasteiger partial charge in [-0.05, 0) is 24.6 Å². The van der Waals surface area contributed by atoms with Crippen LogP contribution in [0.5, 0.6) is 5.75 Å². The highest BCUT2D eigenvalue weighted by Crippen LogP contribution is 2.21. The Balaban J connectivity index is 2.62. The van der Waals surface area contributed by atoms with Crippen LogP contribution in [0.2, 0.25) is 0 Å².